The van der Waals surface area contributed by atoms with Gasteiger partial charge in [-0.05, 0) is 41.5 Å². The van der Waals surface area contributed by atoms with Crippen molar-refractivity contribution in [3.05, 3.63) is 18.1 Å². The Kier molecular flexibility index (Phi) is 4.09. The normalized spacial score (nSPS) is 12.6. The standard InChI is InChI=1S/C13H23N3O/c1-12(2,3)16-8-10-7-14-9-15-11(10)17-13(4,5)6/h7,9,16H,8H2,1-6H3. The minimum Gasteiger partial charge on any atom is -0.472 e. The van der Waals surface area contributed by atoms with Crippen LogP contribution in [-0.2, 0) is 6.54 Å². The molecule has 0 radical (unpaired) electrons. The van der Waals surface area contributed by atoms with Crippen LogP contribution in [0.4, 0.5) is 0 Å². The molecule has 0 atom stereocenters. The van der Waals surface area contributed by atoms with Gasteiger partial charge in [-0.2, -0.15) is 0 Å². The van der Waals surface area contributed by atoms with Crippen molar-refractivity contribution in [2.45, 2.75) is 59.2 Å². The van der Waals surface area contributed by atoms with Crippen molar-refractivity contribution in [3.63, 3.8) is 0 Å². The highest BCUT2D eigenvalue weighted by molar-refractivity contribution is 5.22. The summed E-state index contributed by atoms with van der Waals surface area (Å²) in [4.78, 5) is 8.24. The SMILES string of the molecule is CC(C)(C)NCc1cncnc1OC(C)(C)C. The van der Waals surface area contributed by atoms with E-state index in [1.807, 2.05) is 20.8 Å². The Labute approximate surface area is 104 Å². The first kappa shape index (κ1) is 13.9. The molecule has 1 N–H and O–H groups in total. The number of nitrogens with zero attached hydrogens (tertiary/aromatic N) is 2. The lowest BCUT2D eigenvalue weighted by Crippen LogP contribution is -2.35. The van der Waals surface area contributed by atoms with Crippen LogP contribution in [-0.4, -0.2) is 21.1 Å². The molecular formula is C13H23N3O. The summed E-state index contributed by atoms with van der Waals surface area (Å²) in [5.74, 6) is 0.657. The largest absolute Gasteiger partial charge is 0.472 e. The molecule has 1 aromatic rings. The van der Waals surface area contributed by atoms with Gasteiger partial charge in [-0.15, -0.1) is 0 Å². The highest BCUT2D eigenvalue weighted by atomic mass is 16.5. The van der Waals surface area contributed by atoms with E-state index in [4.69, 9.17) is 4.74 Å². The van der Waals surface area contributed by atoms with Gasteiger partial charge < -0.3 is 10.1 Å². The fourth-order valence-electron chi connectivity index (χ4n) is 1.21. The van der Waals surface area contributed by atoms with Crippen LogP contribution in [0.3, 0.4) is 0 Å². The van der Waals surface area contributed by atoms with E-state index in [1.165, 1.54) is 6.33 Å². The van der Waals surface area contributed by atoms with Gasteiger partial charge in [0.05, 0.1) is 0 Å². The molecule has 1 rings (SSSR count). The Balaban J connectivity index is 2.78. The summed E-state index contributed by atoms with van der Waals surface area (Å²) in [5.41, 5.74) is 0.803. The molecule has 1 aromatic heterocycles. The lowest BCUT2D eigenvalue weighted by Gasteiger charge is -2.24. The van der Waals surface area contributed by atoms with Crippen LogP contribution >= 0.6 is 0 Å². The summed E-state index contributed by atoms with van der Waals surface area (Å²) in [6.45, 7) is 13.1. The van der Waals surface area contributed by atoms with Crippen molar-refractivity contribution in [3.8, 4) is 5.88 Å². The van der Waals surface area contributed by atoms with Gasteiger partial charge >= 0.3 is 0 Å². The second kappa shape index (κ2) is 5.00. The third-order valence-electron chi connectivity index (χ3n) is 1.96. The number of aromatic nitrogens is 2. The Hall–Kier alpha value is -1.16. The third-order valence-corrected chi connectivity index (χ3v) is 1.96. The van der Waals surface area contributed by atoms with Gasteiger partial charge in [0.2, 0.25) is 5.88 Å². The molecule has 0 bridgehead atoms. The molecule has 0 saturated heterocycles. The van der Waals surface area contributed by atoms with Crippen LogP contribution < -0.4 is 10.1 Å². The quantitative estimate of drug-likeness (QED) is 0.877. The third kappa shape index (κ3) is 5.63. The average molecular weight is 237 g/mol. The van der Waals surface area contributed by atoms with E-state index in [0.717, 1.165) is 5.56 Å². The van der Waals surface area contributed by atoms with Crippen molar-refractivity contribution >= 4 is 0 Å². The zero-order valence-corrected chi connectivity index (χ0v) is 11.7. The van der Waals surface area contributed by atoms with Crippen molar-refractivity contribution in [1.82, 2.24) is 15.3 Å². The van der Waals surface area contributed by atoms with Crippen LogP contribution in [0, 0.1) is 0 Å². The fraction of sp³-hybridized carbons (Fsp3) is 0.692. The molecule has 0 saturated carbocycles. The predicted molar refractivity (Wildman–Crippen MR) is 69.0 cm³/mol. The van der Waals surface area contributed by atoms with Gasteiger partial charge in [0, 0.05) is 23.8 Å². The smallest absolute Gasteiger partial charge is 0.221 e. The van der Waals surface area contributed by atoms with Crippen LogP contribution in [0.2, 0.25) is 0 Å². The summed E-state index contributed by atoms with van der Waals surface area (Å²) in [6.07, 6.45) is 3.31. The minimum atomic E-state index is -0.245. The highest BCUT2D eigenvalue weighted by Crippen LogP contribution is 2.19. The van der Waals surface area contributed by atoms with E-state index in [1.54, 1.807) is 6.20 Å². The number of hydrogen-bond acceptors (Lipinski definition) is 4. The number of ether oxygens (including phenoxy) is 1. The van der Waals surface area contributed by atoms with Crippen LogP contribution in [0.15, 0.2) is 12.5 Å². The molecule has 0 aliphatic rings. The summed E-state index contributed by atoms with van der Waals surface area (Å²) < 4.78 is 5.81. The summed E-state index contributed by atoms with van der Waals surface area (Å²) in [7, 11) is 0. The molecule has 0 fully saturated rings. The van der Waals surface area contributed by atoms with Crippen LogP contribution in [0.25, 0.3) is 0 Å². The first-order valence-electron chi connectivity index (χ1n) is 5.90. The zero-order chi connectivity index (χ0) is 13.1. The highest BCUT2D eigenvalue weighted by Gasteiger charge is 2.17. The van der Waals surface area contributed by atoms with Crippen molar-refractivity contribution in [1.29, 1.82) is 0 Å². The number of rotatable bonds is 3. The Bertz CT molecular complexity index is 364. The van der Waals surface area contributed by atoms with Crippen molar-refractivity contribution in [2.24, 2.45) is 0 Å². The molecule has 4 heteroatoms. The molecule has 0 aliphatic heterocycles. The van der Waals surface area contributed by atoms with E-state index in [9.17, 15) is 0 Å². The Morgan fingerprint density at radius 1 is 1.18 bits per heavy atom. The predicted octanol–water partition coefficient (Wildman–Crippen LogP) is 2.54. The second-order valence-corrected chi connectivity index (χ2v) is 6.17. The van der Waals surface area contributed by atoms with Gasteiger partial charge in [0.1, 0.15) is 11.9 Å². The maximum absolute atomic E-state index is 5.81. The lowest BCUT2D eigenvalue weighted by atomic mass is 10.1. The van der Waals surface area contributed by atoms with E-state index in [2.05, 4.69) is 36.1 Å². The van der Waals surface area contributed by atoms with Gasteiger partial charge in [-0.3, -0.25) is 0 Å². The van der Waals surface area contributed by atoms with E-state index in [-0.39, 0.29) is 11.1 Å². The van der Waals surface area contributed by atoms with Crippen LogP contribution in [0.5, 0.6) is 5.88 Å². The van der Waals surface area contributed by atoms with Gasteiger partial charge in [0.25, 0.3) is 0 Å². The molecule has 0 amide bonds. The topological polar surface area (TPSA) is 47.0 Å². The Morgan fingerprint density at radius 2 is 1.82 bits per heavy atom. The molecule has 1 heterocycles. The van der Waals surface area contributed by atoms with Crippen molar-refractivity contribution in [2.75, 3.05) is 0 Å². The molecule has 0 unspecified atom stereocenters. The minimum absolute atomic E-state index is 0.0643. The van der Waals surface area contributed by atoms with Crippen molar-refractivity contribution < 1.29 is 4.74 Å². The summed E-state index contributed by atoms with van der Waals surface area (Å²) in [5, 5.41) is 3.40. The lowest BCUT2D eigenvalue weighted by molar-refractivity contribution is 0.121. The fourth-order valence-corrected chi connectivity index (χ4v) is 1.21. The first-order valence-corrected chi connectivity index (χ1v) is 5.90. The van der Waals surface area contributed by atoms with Gasteiger partial charge in [-0.25, -0.2) is 9.97 Å². The number of hydrogen-bond donors (Lipinski definition) is 1. The molecule has 0 spiro atoms. The summed E-state index contributed by atoms with van der Waals surface area (Å²) in [6, 6.07) is 0. The monoisotopic (exact) mass is 237 g/mol. The molecular weight excluding hydrogens is 214 g/mol. The first-order chi connectivity index (χ1) is 7.67. The van der Waals surface area contributed by atoms with Crippen LogP contribution in [0.1, 0.15) is 47.1 Å². The molecule has 96 valence electrons. The Morgan fingerprint density at radius 3 is 2.35 bits per heavy atom. The number of nitrogens with one attached hydrogen (secondary N) is 1. The van der Waals surface area contributed by atoms with E-state index >= 15 is 0 Å². The van der Waals surface area contributed by atoms with E-state index < -0.39 is 0 Å². The molecule has 4 nitrogen and oxygen atoms in total. The molecule has 0 aliphatic carbocycles. The van der Waals surface area contributed by atoms with Gasteiger partial charge in [0.15, 0.2) is 0 Å². The maximum Gasteiger partial charge on any atom is 0.221 e. The molecule has 0 aromatic carbocycles. The van der Waals surface area contributed by atoms with E-state index in [0.29, 0.717) is 12.4 Å². The maximum atomic E-state index is 5.81. The zero-order valence-electron chi connectivity index (χ0n) is 11.7. The second-order valence-electron chi connectivity index (χ2n) is 6.17. The molecule has 17 heavy (non-hydrogen) atoms. The van der Waals surface area contributed by atoms with Gasteiger partial charge in [-0.1, -0.05) is 0 Å². The average Bonchev–Trinajstić information content (AvgIpc) is 2.12. The summed E-state index contributed by atoms with van der Waals surface area (Å²) >= 11 is 0.